The molecule has 2 heterocycles. The molecule has 136 valence electrons. The van der Waals surface area contributed by atoms with Gasteiger partial charge in [0.15, 0.2) is 5.65 Å². The van der Waals surface area contributed by atoms with Crippen molar-refractivity contribution >= 4 is 29.1 Å². The number of aromatic nitrogens is 4. The summed E-state index contributed by atoms with van der Waals surface area (Å²) in [7, 11) is 0. The fourth-order valence-corrected chi connectivity index (χ4v) is 3.75. The number of aromatic amines is 1. The molecule has 8 heteroatoms. The minimum atomic E-state index is 0.167. The van der Waals surface area contributed by atoms with Gasteiger partial charge in [-0.05, 0) is 42.8 Å². The van der Waals surface area contributed by atoms with Crippen molar-refractivity contribution in [3.63, 3.8) is 0 Å². The number of ether oxygens (including phenoxy) is 1. The van der Waals surface area contributed by atoms with Gasteiger partial charge in [0.2, 0.25) is 11.8 Å². The highest BCUT2D eigenvalue weighted by molar-refractivity contribution is 7.97. The molecule has 0 aliphatic heterocycles. The highest BCUT2D eigenvalue weighted by atomic mass is 32.2. The van der Waals surface area contributed by atoms with Gasteiger partial charge in [0.05, 0.1) is 6.61 Å². The summed E-state index contributed by atoms with van der Waals surface area (Å²) in [4.78, 5) is 17.3. The molecule has 26 heavy (non-hydrogen) atoms. The van der Waals surface area contributed by atoms with E-state index >= 15 is 0 Å². The quantitative estimate of drug-likeness (QED) is 0.588. The zero-order valence-corrected chi connectivity index (χ0v) is 15.3. The topological polar surface area (TPSA) is 116 Å². The van der Waals surface area contributed by atoms with E-state index in [1.54, 1.807) is 0 Å². The minimum absolute atomic E-state index is 0.167. The maximum absolute atomic E-state index is 6.01. The van der Waals surface area contributed by atoms with Crippen molar-refractivity contribution < 1.29 is 4.74 Å². The summed E-state index contributed by atoms with van der Waals surface area (Å²) in [5, 5.41) is 5.65. The molecule has 2 aromatic heterocycles. The van der Waals surface area contributed by atoms with Crippen molar-refractivity contribution in [1.29, 1.82) is 0 Å². The largest absolute Gasteiger partial charge is 0.476 e. The monoisotopic (exact) mass is 370 g/mol. The fourth-order valence-electron chi connectivity index (χ4n) is 3.40. The van der Waals surface area contributed by atoms with Crippen LogP contribution < -0.4 is 15.6 Å². The first-order valence-electron chi connectivity index (χ1n) is 8.86. The van der Waals surface area contributed by atoms with Crippen LogP contribution in [-0.2, 0) is 0 Å². The van der Waals surface area contributed by atoms with Crippen LogP contribution in [0, 0.1) is 5.92 Å². The lowest BCUT2D eigenvalue weighted by Crippen LogP contribution is -2.16. The van der Waals surface area contributed by atoms with Crippen LogP contribution in [0.4, 0.5) is 5.95 Å². The summed E-state index contributed by atoms with van der Waals surface area (Å²) in [6.07, 6.45) is 6.30. The van der Waals surface area contributed by atoms with Gasteiger partial charge >= 0.3 is 0 Å². The highest BCUT2D eigenvalue weighted by Crippen LogP contribution is 2.29. The number of rotatable bonds is 5. The van der Waals surface area contributed by atoms with E-state index in [9.17, 15) is 0 Å². The molecule has 3 aromatic rings. The van der Waals surface area contributed by atoms with Crippen LogP contribution in [0.3, 0.4) is 0 Å². The second kappa shape index (κ2) is 7.51. The van der Waals surface area contributed by atoms with E-state index in [1.807, 2.05) is 24.3 Å². The first kappa shape index (κ1) is 17.1. The van der Waals surface area contributed by atoms with Crippen molar-refractivity contribution in [1.82, 2.24) is 19.9 Å². The summed E-state index contributed by atoms with van der Waals surface area (Å²) >= 11 is 1.20. The maximum atomic E-state index is 6.01. The Morgan fingerprint density at radius 1 is 1.15 bits per heavy atom. The number of fused-ring (bicyclic) bond motifs is 1. The van der Waals surface area contributed by atoms with Crippen LogP contribution >= 0.6 is 11.9 Å². The molecule has 0 bridgehead atoms. The van der Waals surface area contributed by atoms with E-state index in [0.717, 1.165) is 10.5 Å². The zero-order valence-electron chi connectivity index (χ0n) is 14.4. The number of benzene rings is 1. The van der Waals surface area contributed by atoms with Crippen molar-refractivity contribution in [2.45, 2.75) is 37.0 Å². The van der Waals surface area contributed by atoms with Crippen LogP contribution in [-0.4, -0.2) is 26.5 Å². The van der Waals surface area contributed by atoms with E-state index in [4.69, 9.17) is 15.6 Å². The number of H-pyrrole nitrogens is 1. The number of imidazole rings is 1. The number of nitrogen functional groups attached to an aromatic ring is 1. The average molecular weight is 370 g/mol. The predicted octanol–water partition coefficient (Wildman–Crippen LogP) is 3.53. The molecule has 0 unspecified atom stereocenters. The zero-order chi connectivity index (χ0) is 17.9. The Morgan fingerprint density at radius 2 is 2.00 bits per heavy atom. The molecule has 0 saturated heterocycles. The molecule has 1 aliphatic carbocycles. The van der Waals surface area contributed by atoms with Crippen LogP contribution in [0.1, 0.15) is 32.1 Å². The van der Waals surface area contributed by atoms with E-state index in [0.29, 0.717) is 35.4 Å². The van der Waals surface area contributed by atoms with Gasteiger partial charge in [0.25, 0.3) is 0 Å². The minimum Gasteiger partial charge on any atom is -0.476 e. The molecule has 7 nitrogen and oxygen atoms in total. The lowest BCUT2D eigenvalue weighted by atomic mass is 9.90. The van der Waals surface area contributed by atoms with Gasteiger partial charge in [-0.2, -0.15) is 9.97 Å². The number of hydrogen-bond donors (Lipinski definition) is 3. The first-order chi connectivity index (χ1) is 12.7. The van der Waals surface area contributed by atoms with Crippen molar-refractivity contribution in [3.05, 3.63) is 24.3 Å². The number of anilines is 1. The molecule has 4 rings (SSSR count). The Hall–Kier alpha value is -2.32. The van der Waals surface area contributed by atoms with Gasteiger partial charge < -0.3 is 15.5 Å². The van der Waals surface area contributed by atoms with E-state index in [1.165, 1.54) is 44.1 Å². The van der Waals surface area contributed by atoms with Gasteiger partial charge in [-0.1, -0.05) is 31.4 Å². The molecule has 1 aromatic carbocycles. The molecule has 0 radical (unpaired) electrons. The van der Waals surface area contributed by atoms with Crippen molar-refractivity contribution in [3.8, 4) is 17.3 Å². The van der Waals surface area contributed by atoms with E-state index < -0.39 is 0 Å². The molecule has 0 spiro atoms. The molecular formula is C18H22N6OS. The van der Waals surface area contributed by atoms with Crippen molar-refractivity contribution in [2.24, 2.45) is 11.1 Å². The Bertz CT molecular complexity index is 906. The van der Waals surface area contributed by atoms with Crippen LogP contribution in [0.15, 0.2) is 29.2 Å². The Balaban J connectivity index is 1.64. The van der Waals surface area contributed by atoms with Crippen LogP contribution in [0.2, 0.25) is 0 Å². The number of hydrogen-bond acceptors (Lipinski definition) is 7. The Kier molecular flexibility index (Phi) is 4.94. The molecule has 1 saturated carbocycles. The van der Waals surface area contributed by atoms with Gasteiger partial charge in [0.1, 0.15) is 11.3 Å². The molecule has 0 atom stereocenters. The maximum Gasteiger partial charge on any atom is 0.245 e. The first-order valence-corrected chi connectivity index (χ1v) is 9.74. The summed E-state index contributed by atoms with van der Waals surface area (Å²) < 4.78 is 6.01. The van der Waals surface area contributed by atoms with Gasteiger partial charge in [-0.3, -0.25) is 5.14 Å². The standard InChI is InChI=1S/C18H22N6OS/c19-18-23-16-14(17(24-18)25-10-11-5-2-1-3-6-11)21-15(22-16)12-7-4-8-13(9-12)26-20/h4,7-9,11H,1-3,5-6,10,20H2,(H3,19,21,22,23,24). The summed E-state index contributed by atoms with van der Waals surface area (Å²) in [6, 6.07) is 7.84. The van der Waals surface area contributed by atoms with Crippen LogP contribution in [0.5, 0.6) is 5.88 Å². The van der Waals surface area contributed by atoms with Gasteiger partial charge in [-0.15, -0.1) is 0 Å². The molecule has 1 fully saturated rings. The third-order valence-electron chi connectivity index (χ3n) is 4.76. The number of nitrogens with two attached hydrogens (primary N) is 2. The third-order valence-corrected chi connectivity index (χ3v) is 5.29. The predicted molar refractivity (Wildman–Crippen MR) is 104 cm³/mol. The summed E-state index contributed by atoms with van der Waals surface area (Å²) in [6.45, 7) is 0.652. The fraction of sp³-hybridized carbons (Fsp3) is 0.389. The van der Waals surface area contributed by atoms with Crippen molar-refractivity contribution in [2.75, 3.05) is 12.3 Å². The highest BCUT2D eigenvalue weighted by Gasteiger charge is 2.18. The lowest BCUT2D eigenvalue weighted by molar-refractivity contribution is 0.205. The molecule has 0 amide bonds. The summed E-state index contributed by atoms with van der Waals surface area (Å²) in [5.41, 5.74) is 7.96. The lowest BCUT2D eigenvalue weighted by Gasteiger charge is -2.21. The Labute approximate surface area is 156 Å². The molecular weight excluding hydrogens is 348 g/mol. The smallest absolute Gasteiger partial charge is 0.245 e. The molecule has 1 aliphatic rings. The SMILES string of the molecule is NSc1cccc(-c2nc3nc(N)nc(OCC4CCCCC4)c3[nH]2)c1. The number of nitrogens with one attached hydrogen (secondary N) is 1. The number of nitrogens with zero attached hydrogens (tertiary/aromatic N) is 3. The summed E-state index contributed by atoms with van der Waals surface area (Å²) in [5.74, 6) is 1.91. The van der Waals surface area contributed by atoms with E-state index in [-0.39, 0.29) is 5.95 Å². The molecule has 5 N–H and O–H groups in total. The second-order valence-electron chi connectivity index (χ2n) is 6.63. The second-order valence-corrected chi connectivity index (χ2v) is 7.34. The third kappa shape index (κ3) is 3.61. The van der Waals surface area contributed by atoms with Gasteiger partial charge in [-0.25, -0.2) is 4.98 Å². The van der Waals surface area contributed by atoms with Gasteiger partial charge in [0, 0.05) is 10.5 Å². The average Bonchev–Trinajstić information content (AvgIpc) is 3.11. The van der Waals surface area contributed by atoms with E-state index in [2.05, 4.69) is 19.9 Å². The normalized spacial score (nSPS) is 15.4. The Morgan fingerprint density at radius 3 is 2.81 bits per heavy atom. The van der Waals surface area contributed by atoms with Crippen LogP contribution in [0.25, 0.3) is 22.6 Å².